The molecule has 644 valence electrons. The van der Waals surface area contributed by atoms with Crippen molar-refractivity contribution in [3.05, 3.63) is 168 Å². The summed E-state index contributed by atoms with van der Waals surface area (Å²) in [7, 11) is 0. The Labute approximate surface area is 711 Å². The third kappa shape index (κ3) is 38.8. The number of unbranched alkanes of at least 4 members (excludes halogenated alkanes) is 11. The summed E-state index contributed by atoms with van der Waals surface area (Å²) in [6.07, 6.45) is 6.45. The number of carbonyl (C=O) groups excluding carboxylic acids is 2. The zero-order chi connectivity index (χ0) is 81.9. The van der Waals surface area contributed by atoms with E-state index in [1.807, 2.05) is 127 Å². The molecule has 2 fully saturated rings. The van der Waals surface area contributed by atoms with E-state index in [0.717, 1.165) is 41.5 Å². The first kappa shape index (κ1) is 94.1. The van der Waals surface area contributed by atoms with Crippen molar-refractivity contribution in [1.29, 1.82) is 0 Å². The number of aliphatic hydroxyl groups excluding tert-OH is 8. The zero-order valence-electron chi connectivity index (χ0n) is 65.5. The summed E-state index contributed by atoms with van der Waals surface area (Å²) in [5.41, 5.74) is 4.08. The minimum Gasteiger partial charge on any atom is -0.394 e. The van der Waals surface area contributed by atoms with Gasteiger partial charge in [0.05, 0.1) is 70.0 Å². The first-order valence-corrected chi connectivity index (χ1v) is 38.9. The van der Waals surface area contributed by atoms with E-state index in [4.69, 9.17) is 28.4 Å². The third-order valence-corrected chi connectivity index (χ3v) is 18.0. The van der Waals surface area contributed by atoms with Crippen LogP contribution in [0.4, 0.5) is 0 Å². The standard InChI is InChI=1S/C51H51NO8.C45H55NO8.24H2/c1-3-5-7-9-11-13-15-17-18-19-20-21-22-23-24-25-26-27-29-31-33-35-37-39-47(55)52-43(40-41-45-49(57)51(59)50(58)46(42-53)60-45)48(56)44(54)38-36-34-32-30-28-16-14-12-10-8-6-4-2;1-3-38(47)42(49)37(46-41(48)4-2)26-17-27-39-43(51-29-34-20-11-6-12-21-34)45(53-31-36-24-15-8-16-25-36)44(52-30-35-22-13-7-14-23-35)40(54-39)32-50-28-33-18-9-5-10-19-33;;;;;;;;;;;;;;;;;;;;;;;;/h40-41,43-46,48-51,53-54,56-59H,4,6,8,10,12,14,16,28,30,32,34,36,38,42H2,1-2H3,(H,52,55);5-26,37-40,42-45,47,49H,3-4,27-32H2,1-2H3,(H,46,48);24*1H/b41-40+;26-17+;;;;;;;;;;;;;;;;;;;;;;;;/t43-,44+,45+,46?,48-,49?,50-,51+;37-,38+,39+,40?,42-,43?,44-,45-;;;;;;;;;;;;;;;;;;;;;;;;/m00......................../s1. The molecule has 0 aliphatic carbocycles. The van der Waals surface area contributed by atoms with E-state index in [1.54, 1.807) is 26.8 Å². The number of aliphatic hydroxyl groups is 8. The second-order valence-corrected chi connectivity index (χ2v) is 26.6. The highest BCUT2D eigenvalue weighted by Crippen LogP contribution is 2.33. The SMILES string of the molecule is CC#CC#CC#CC#CC#CC#CC#CC#CC#CC#CC#CC#CC(=O)N[C@@H](/C=C/[C@H]1OC(CO)[C@H](O)[C@H](O)C1O)[C@H](O)[C@H](O)CCCCCCCCCCCCCC.CCC(=O)N[C@@H](/C=C/C[C@H]1OC(COCc2ccccc2)[C@H](OCc2ccccc2)[C@@H](OCc2ccccc2)C1OCc1ccccc1)[C@H](O)[C@H](O)CC.[HH].[HH].[HH].[HH].[HH].[HH].[HH].[HH].[HH].[HH].[HH].[HH].[HH].[HH].[HH].[HH].[HH].[HH].[HH].[HH].[HH].[HH].[HH].[HH]. The predicted octanol–water partition coefficient (Wildman–Crippen LogP) is 14.3. The Bertz CT molecular complexity index is 4480. The highest BCUT2D eigenvalue weighted by molar-refractivity contribution is 5.94. The normalized spacial score (nSPS) is 19.7. The van der Waals surface area contributed by atoms with Crippen molar-refractivity contribution in [3.8, 4) is 142 Å². The van der Waals surface area contributed by atoms with Gasteiger partial charge >= 0.3 is 0 Å². The van der Waals surface area contributed by atoms with Crippen LogP contribution in [0.3, 0.4) is 0 Å². The maximum atomic E-state index is 12.7. The molecule has 4 aromatic rings. The summed E-state index contributed by atoms with van der Waals surface area (Å²) in [6.45, 7) is 8.42. The molecule has 0 aromatic heterocycles. The monoisotopic (exact) mass is 1590 g/mol. The van der Waals surface area contributed by atoms with Gasteiger partial charge in [0, 0.05) is 82.1 Å². The lowest BCUT2D eigenvalue weighted by Crippen LogP contribution is -2.61. The average Bonchev–Trinajstić information content (AvgIpc) is 0.791. The lowest BCUT2D eigenvalue weighted by Gasteiger charge is -2.46. The van der Waals surface area contributed by atoms with Crippen LogP contribution in [0.2, 0.25) is 0 Å². The van der Waals surface area contributed by atoms with Crippen molar-refractivity contribution in [1.82, 2.24) is 10.6 Å². The quantitative estimate of drug-likeness (QED) is 0.0113. The molecule has 10 N–H and O–H groups in total. The van der Waals surface area contributed by atoms with Gasteiger partial charge in [-0.15, -0.1) is 0 Å². The van der Waals surface area contributed by atoms with Crippen molar-refractivity contribution >= 4 is 11.8 Å². The minimum atomic E-state index is -1.62. The second-order valence-electron chi connectivity index (χ2n) is 26.6. The molecular formula is C96H154N2O16. The van der Waals surface area contributed by atoms with Crippen LogP contribution in [0.15, 0.2) is 146 Å². The van der Waals surface area contributed by atoms with Gasteiger partial charge in [0.1, 0.15) is 67.1 Å². The lowest BCUT2D eigenvalue weighted by atomic mass is 9.92. The van der Waals surface area contributed by atoms with E-state index in [1.165, 1.54) is 63.5 Å². The van der Waals surface area contributed by atoms with Gasteiger partial charge in [-0.1, -0.05) is 249 Å². The third-order valence-electron chi connectivity index (χ3n) is 18.0. The number of benzene rings is 4. The highest BCUT2D eigenvalue weighted by Gasteiger charge is 2.48. The fraction of sp³-hybridized carbons (Fsp3) is 0.438. The van der Waals surface area contributed by atoms with Crippen LogP contribution in [-0.2, 0) is 64.4 Å². The first-order valence-electron chi connectivity index (χ1n) is 38.9. The molecule has 0 radical (unpaired) electrons. The Morgan fingerprint density at radius 3 is 1.30 bits per heavy atom. The van der Waals surface area contributed by atoms with Crippen LogP contribution >= 0.6 is 0 Å². The summed E-state index contributed by atoms with van der Waals surface area (Å²) in [6, 6.07) is 38.0. The molecule has 2 amide bonds. The molecule has 18 heteroatoms. The molecule has 16 atom stereocenters. The van der Waals surface area contributed by atoms with Gasteiger partial charge in [0.2, 0.25) is 5.91 Å². The van der Waals surface area contributed by atoms with Gasteiger partial charge in [-0.25, -0.2) is 0 Å². The van der Waals surface area contributed by atoms with Crippen molar-refractivity contribution in [2.75, 3.05) is 13.2 Å². The molecule has 114 heavy (non-hydrogen) atoms. The van der Waals surface area contributed by atoms with Gasteiger partial charge in [0.15, 0.2) is 0 Å². The zero-order valence-corrected chi connectivity index (χ0v) is 65.5. The molecule has 0 bridgehead atoms. The number of rotatable bonds is 40. The van der Waals surface area contributed by atoms with Crippen LogP contribution in [-0.4, -0.2) is 163 Å². The Morgan fingerprint density at radius 1 is 0.456 bits per heavy atom. The number of ether oxygens (including phenoxy) is 6. The van der Waals surface area contributed by atoms with E-state index in [-0.39, 0.29) is 59.6 Å². The molecule has 4 aromatic carbocycles. The van der Waals surface area contributed by atoms with Crippen LogP contribution in [0.25, 0.3) is 0 Å². The predicted molar refractivity (Wildman–Crippen MR) is 490 cm³/mol. The molecule has 2 aliphatic heterocycles. The number of hydrogen-bond acceptors (Lipinski definition) is 16. The van der Waals surface area contributed by atoms with E-state index >= 15 is 0 Å². The van der Waals surface area contributed by atoms with E-state index < -0.39 is 110 Å². The van der Waals surface area contributed by atoms with Crippen molar-refractivity contribution in [2.24, 2.45) is 0 Å². The maximum absolute atomic E-state index is 12.7. The number of nitrogens with one attached hydrogen (secondary N) is 2. The number of carbonyl (C=O) groups is 2. The molecule has 4 unspecified atom stereocenters. The van der Waals surface area contributed by atoms with Crippen LogP contribution < -0.4 is 10.6 Å². The fourth-order valence-corrected chi connectivity index (χ4v) is 11.8. The average molecular weight is 1590 g/mol. The highest BCUT2D eigenvalue weighted by atomic mass is 16.6. The lowest BCUT2D eigenvalue weighted by molar-refractivity contribution is -0.271. The Hall–Kier alpha value is -10.5. The van der Waals surface area contributed by atoms with Crippen molar-refractivity contribution < 1.29 is 113 Å². The molecule has 2 heterocycles. The van der Waals surface area contributed by atoms with Gasteiger partial charge in [-0.05, 0) is 143 Å². The fourth-order valence-electron chi connectivity index (χ4n) is 11.8. The van der Waals surface area contributed by atoms with Crippen LogP contribution in [0, 0.1) is 142 Å². The minimum absolute atomic E-state index is 0. The van der Waals surface area contributed by atoms with Crippen LogP contribution in [0.1, 0.15) is 187 Å². The first-order chi connectivity index (χ1) is 55.7. The summed E-state index contributed by atoms with van der Waals surface area (Å²) in [5.74, 6) is 58.3. The van der Waals surface area contributed by atoms with Gasteiger partial charge in [-0.2, -0.15) is 0 Å². The molecule has 6 rings (SSSR count). The molecule has 2 aliphatic rings. The Kier molecular flexibility index (Phi) is 48.9. The van der Waals surface area contributed by atoms with Gasteiger partial charge in [-0.3, -0.25) is 9.59 Å². The number of amides is 2. The molecule has 2 saturated heterocycles. The van der Waals surface area contributed by atoms with Crippen molar-refractivity contribution in [2.45, 2.75) is 254 Å². The van der Waals surface area contributed by atoms with Gasteiger partial charge < -0.3 is 79.9 Å². The smallest absolute Gasteiger partial charge is 0.297 e. The van der Waals surface area contributed by atoms with E-state index in [9.17, 15) is 50.4 Å². The van der Waals surface area contributed by atoms with Gasteiger partial charge in [0.25, 0.3) is 5.91 Å². The molecule has 0 spiro atoms. The summed E-state index contributed by atoms with van der Waals surface area (Å²) < 4.78 is 39.1. The van der Waals surface area contributed by atoms with Crippen molar-refractivity contribution in [3.63, 3.8) is 0 Å². The molecular weight excluding hydrogens is 1440 g/mol. The summed E-state index contributed by atoms with van der Waals surface area (Å²) in [5, 5.41) is 88.9. The number of hydrogen-bond donors (Lipinski definition) is 10. The van der Waals surface area contributed by atoms with E-state index in [2.05, 4.69) is 160 Å². The van der Waals surface area contributed by atoms with E-state index in [0.29, 0.717) is 45.7 Å². The maximum Gasteiger partial charge on any atom is 0.297 e. The molecule has 18 nitrogen and oxygen atoms in total. The Morgan fingerprint density at radius 2 is 0.860 bits per heavy atom. The summed E-state index contributed by atoms with van der Waals surface area (Å²) in [4.78, 5) is 25.1. The largest absolute Gasteiger partial charge is 0.394 e. The second kappa shape index (κ2) is 59.2. The molecule has 0 saturated carbocycles. The summed E-state index contributed by atoms with van der Waals surface area (Å²) >= 11 is 0. The topological polar surface area (TPSA) is 275 Å². The Balaban J connectivity index is -0.0000000957. The van der Waals surface area contributed by atoms with Crippen LogP contribution in [0.5, 0.6) is 0 Å².